The van der Waals surface area contributed by atoms with E-state index in [1.54, 1.807) is 6.92 Å². The van der Waals surface area contributed by atoms with Crippen LogP contribution in [0.4, 0.5) is 0 Å². The third kappa shape index (κ3) is 1.94. The Bertz CT molecular complexity index is 484. The third-order valence-electron chi connectivity index (χ3n) is 2.90. The van der Waals surface area contributed by atoms with Gasteiger partial charge in [0.25, 0.3) is 0 Å². The van der Waals surface area contributed by atoms with Gasteiger partial charge in [0.15, 0.2) is 0 Å². The van der Waals surface area contributed by atoms with E-state index in [2.05, 4.69) is 17.1 Å². The fourth-order valence-electron chi connectivity index (χ4n) is 1.77. The van der Waals surface area contributed by atoms with Crippen LogP contribution in [0.25, 0.3) is 10.9 Å². The van der Waals surface area contributed by atoms with Crippen molar-refractivity contribution in [2.75, 3.05) is 0 Å². The number of hydrogen-bond acceptors (Lipinski definition) is 1. The van der Waals surface area contributed by atoms with Crippen molar-refractivity contribution in [3.63, 3.8) is 0 Å². The lowest BCUT2D eigenvalue weighted by Gasteiger charge is -2.05. The molecule has 2 heteroatoms. The summed E-state index contributed by atoms with van der Waals surface area (Å²) in [5.74, 6) is 0.351. The van der Waals surface area contributed by atoms with E-state index in [-0.39, 0.29) is 11.7 Å². The first-order valence-electron chi connectivity index (χ1n) is 5.24. The Morgan fingerprint density at radius 1 is 1.40 bits per heavy atom. The van der Waals surface area contributed by atoms with Crippen LogP contribution in [0.15, 0.2) is 30.5 Å². The van der Waals surface area contributed by atoms with Gasteiger partial charge in [-0.1, -0.05) is 25.1 Å². The van der Waals surface area contributed by atoms with Gasteiger partial charge in [0.05, 0.1) is 0 Å². The summed E-state index contributed by atoms with van der Waals surface area (Å²) >= 11 is 0. The molecule has 0 aliphatic carbocycles. The molecule has 0 aliphatic rings. The van der Waals surface area contributed by atoms with Crippen molar-refractivity contribution in [1.82, 2.24) is 4.98 Å². The Morgan fingerprint density at radius 3 is 2.87 bits per heavy atom. The van der Waals surface area contributed by atoms with Crippen LogP contribution in [-0.2, 0) is 11.2 Å². The van der Waals surface area contributed by atoms with Crippen molar-refractivity contribution in [3.05, 3.63) is 36.0 Å². The topological polar surface area (TPSA) is 32.9 Å². The molecule has 78 valence electrons. The van der Waals surface area contributed by atoms with Crippen molar-refractivity contribution in [3.8, 4) is 0 Å². The van der Waals surface area contributed by atoms with Crippen LogP contribution in [0, 0.1) is 5.92 Å². The molecule has 0 aliphatic heterocycles. The van der Waals surface area contributed by atoms with Crippen LogP contribution < -0.4 is 0 Å². The summed E-state index contributed by atoms with van der Waals surface area (Å²) in [6.07, 6.45) is 2.82. The van der Waals surface area contributed by atoms with Crippen molar-refractivity contribution in [2.24, 2.45) is 5.92 Å². The molecule has 0 unspecified atom stereocenters. The van der Waals surface area contributed by atoms with Gasteiger partial charge in [-0.25, -0.2) is 0 Å². The van der Waals surface area contributed by atoms with E-state index >= 15 is 0 Å². The summed E-state index contributed by atoms with van der Waals surface area (Å²) in [5, 5.41) is 1.23. The highest BCUT2D eigenvalue weighted by atomic mass is 16.1. The van der Waals surface area contributed by atoms with Gasteiger partial charge in [-0.05, 0) is 25.0 Å². The largest absolute Gasteiger partial charge is 0.361 e. The Hall–Kier alpha value is -1.57. The van der Waals surface area contributed by atoms with Crippen molar-refractivity contribution in [2.45, 2.75) is 20.3 Å². The highest BCUT2D eigenvalue weighted by Crippen LogP contribution is 2.20. The number of H-pyrrole nitrogens is 1. The summed E-state index contributed by atoms with van der Waals surface area (Å²) in [7, 11) is 0. The SMILES string of the molecule is CC(=O)[C@@H](C)Cc1c[nH]c2ccccc12. The van der Waals surface area contributed by atoms with Crippen LogP contribution in [-0.4, -0.2) is 10.8 Å². The maximum absolute atomic E-state index is 11.2. The van der Waals surface area contributed by atoms with E-state index in [4.69, 9.17) is 0 Å². The Kier molecular flexibility index (Phi) is 2.58. The number of Topliss-reactive ketones (excluding diaryl/α,β-unsaturated/α-hetero) is 1. The molecule has 2 aromatic rings. The van der Waals surface area contributed by atoms with Crippen LogP contribution in [0.2, 0.25) is 0 Å². The highest BCUT2D eigenvalue weighted by molar-refractivity contribution is 5.84. The predicted octanol–water partition coefficient (Wildman–Crippen LogP) is 2.94. The number of nitrogens with one attached hydrogen (secondary N) is 1. The lowest BCUT2D eigenvalue weighted by atomic mass is 9.98. The first-order chi connectivity index (χ1) is 7.18. The number of fused-ring (bicyclic) bond motifs is 1. The highest BCUT2D eigenvalue weighted by Gasteiger charge is 2.11. The number of benzene rings is 1. The smallest absolute Gasteiger partial charge is 0.132 e. The molecular weight excluding hydrogens is 186 g/mol. The minimum Gasteiger partial charge on any atom is -0.361 e. The van der Waals surface area contributed by atoms with E-state index in [0.29, 0.717) is 0 Å². The molecule has 0 radical (unpaired) electrons. The number of aromatic amines is 1. The normalized spacial score (nSPS) is 12.9. The van der Waals surface area contributed by atoms with Gasteiger partial charge in [0, 0.05) is 23.0 Å². The van der Waals surface area contributed by atoms with Crippen LogP contribution >= 0.6 is 0 Å². The zero-order valence-corrected chi connectivity index (χ0v) is 9.08. The number of rotatable bonds is 3. The fourth-order valence-corrected chi connectivity index (χ4v) is 1.77. The molecule has 0 saturated carbocycles. The second-order valence-corrected chi connectivity index (χ2v) is 4.08. The number of carbonyl (C=O) groups is 1. The molecule has 1 N–H and O–H groups in total. The molecule has 1 atom stereocenters. The molecule has 15 heavy (non-hydrogen) atoms. The number of ketones is 1. The van der Waals surface area contributed by atoms with Gasteiger partial charge >= 0.3 is 0 Å². The molecule has 2 nitrogen and oxygen atoms in total. The van der Waals surface area contributed by atoms with E-state index in [1.807, 2.05) is 25.3 Å². The van der Waals surface area contributed by atoms with E-state index < -0.39 is 0 Å². The second kappa shape index (κ2) is 3.89. The Morgan fingerprint density at radius 2 is 2.13 bits per heavy atom. The lowest BCUT2D eigenvalue weighted by Crippen LogP contribution is -2.08. The molecule has 0 spiro atoms. The first kappa shape index (κ1) is 9.97. The van der Waals surface area contributed by atoms with Crippen LogP contribution in [0.5, 0.6) is 0 Å². The van der Waals surface area contributed by atoms with E-state index in [1.165, 1.54) is 10.9 Å². The maximum atomic E-state index is 11.2. The van der Waals surface area contributed by atoms with Gasteiger partial charge < -0.3 is 4.98 Å². The monoisotopic (exact) mass is 201 g/mol. The summed E-state index contributed by atoms with van der Waals surface area (Å²) in [6.45, 7) is 3.63. The standard InChI is InChI=1S/C13H15NO/c1-9(10(2)15)7-11-8-14-13-6-4-3-5-12(11)13/h3-6,8-9,14H,7H2,1-2H3/t9-/m0/s1. The van der Waals surface area contributed by atoms with Crippen molar-refractivity contribution in [1.29, 1.82) is 0 Å². The molecule has 2 rings (SSSR count). The zero-order valence-electron chi connectivity index (χ0n) is 9.08. The van der Waals surface area contributed by atoms with Gasteiger partial charge in [0.1, 0.15) is 5.78 Å². The van der Waals surface area contributed by atoms with Gasteiger partial charge in [-0.15, -0.1) is 0 Å². The molecular formula is C13H15NO. The number of carbonyl (C=O) groups excluding carboxylic acids is 1. The molecule has 1 aromatic carbocycles. The molecule has 0 bridgehead atoms. The molecule has 1 aromatic heterocycles. The molecule has 0 saturated heterocycles. The van der Waals surface area contributed by atoms with Crippen LogP contribution in [0.3, 0.4) is 0 Å². The predicted molar refractivity (Wildman–Crippen MR) is 61.8 cm³/mol. The molecule has 0 fully saturated rings. The van der Waals surface area contributed by atoms with E-state index in [0.717, 1.165) is 11.9 Å². The average Bonchev–Trinajstić information content (AvgIpc) is 2.62. The quantitative estimate of drug-likeness (QED) is 0.813. The van der Waals surface area contributed by atoms with Crippen LogP contribution in [0.1, 0.15) is 19.4 Å². The van der Waals surface area contributed by atoms with Crippen molar-refractivity contribution >= 4 is 16.7 Å². The number of hydrogen-bond donors (Lipinski definition) is 1. The fraction of sp³-hybridized carbons (Fsp3) is 0.308. The summed E-state index contributed by atoms with van der Waals surface area (Å²) in [5.41, 5.74) is 2.37. The molecule has 1 heterocycles. The zero-order chi connectivity index (χ0) is 10.8. The second-order valence-electron chi connectivity index (χ2n) is 4.08. The lowest BCUT2D eigenvalue weighted by molar-refractivity contribution is -0.120. The van der Waals surface area contributed by atoms with Gasteiger partial charge in [0.2, 0.25) is 0 Å². The summed E-state index contributed by atoms with van der Waals surface area (Å²) < 4.78 is 0. The van der Waals surface area contributed by atoms with E-state index in [9.17, 15) is 4.79 Å². The van der Waals surface area contributed by atoms with Crippen molar-refractivity contribution < 1.29 is 4.79 Å². The number of para-hydroxylation sites is 1. The minimum absolute atomic E-state index is 0.101. The first-order valence-corrected chi connectivity index (χ1v) is 5.24. The minimum atomic E-state index is 0.101. The van der Waals surface area contributed by atoms with Gasteiger partial charge in [-0.3, -0.25) is 4.79 Å². The molecule has 0 amide bonds. The maximum Gasteiger partial charge on any atom is 0.132 e. The third-order valence-corrected chi connectivity index (χ3v) is 2.90. The summed E-state index contributed by atoms with van der Waals surface area (Å²) in [4.78, 5) is 14.4. The Balaban J connectivity index is 2.32. The number of aromatic nitrogens is 1. The Labute approximate surface area is 89.3 Å². The average molecular weight is 201 g/mol. The van der Waals surface area contributed by atoms with Gasteiger partial charge in [-0.2, -0.15) is 0 Å². The summed E-state index contributed by atoms with van der Waals surface area (Å²) in [6, 6.07) is 8.18.